The van der Waals surface area contributed by atoms with Crippen molar-refractivity contribution in [2.24, 2.45) is 0 Å². The lowest BCUT2D eigenvalue weighted by atomic mass is 10.0. The molecular weight excluding hydrogens is 347 g/mol. The van der Waals surface area contributed by atoms with Gasteiger partial charge in [-0.1, -0.05) is 17.7 Å². The van der Waals surface area contributed by atoms with Crippen LogP contribution >= 0.6 is 11.6 Å². The van der Waals surface area contributed by atoms with Crippen LogP contribution in [0.1, 0.15) is 18.4 Å². The summed E-state index contributed by atoms with van der Waals surface area (Å²) in [5.41, 5.74) is 0.928. The molecule has 0 bridgehead atoms. The predicted octanol–water partition coefficient (Wildman–Crippen LogP) is 4.31. The molecule has 132 valence electrons. The average Bonchev–Trinajstić information content (AvgIpc) is 3.38. The monoisotopic (exact) mass is 364 g/mol. The van der Waals surface area contributed by atoms with Crippen LogP contribution in [0.25, 0.3) is 0 Å². The zero-order valence-electron chi connectivity index (χ0n) is 13.9. The molecule has 7 heteroatoms. The highest BCUT2D eigenvalue weighted by Gasteiger charge is 2.46. The lowest BCUT2D eigenvalue weighted by Crippen LogP contribution is -2.38. The smallest absolute Gasteiger partial charge is 0.319 e. The van der Waals surface area contributed by atoms with Crippen LogP contribution in [0.3, 0.4) is 0 Å². The number of hydrogen-bond donors (Lipinski definition) is 2. The standard InChI is InChI=1S/C18H18ClFN2O3/c1-24-15-6-3-11(9-16(15)25-2)18(7-8-18)22-17(23)21-12-4-5-14(20)13(19)10-12/h3-6,9-10H,7-8H2,1-2H3,(H2,21,22,23). The third-order valence-electron chi connectivity index (χ3n) is 4.22. The molecule has 0 aliphatic heterocycles. The minimum atomic E-state index is -0.531. The van der Waals surface area contributed by atoms with E-state index in [-0.39, 0.29) is 11.1 Å². The molecule has 2 aromatic carbocycles. The summed E-state index contributed by atoms with van der Waals surface area (Å²) in [4.78, 5) is 12.3. The summed E-state index contributed by atoms with van der Waals surface area (Å²) in [5, 5.41) is 5.60. The van der Waals surface area contributed by atoms with Gasteiger partial charge in [-0.25, -0.2) is 9.18 Å². The second kappa shape index (κ2) is 6.80. The number of carbonyl (C=O) groups excluding carboxylic acids is 1. The number of urea groups is 1. The van der Waals surface area contributed by atoms with E-state index in [1.807, 2.05) is 18.2 Å². The summed E-state index contributed by atoms with van der Waals surface area (Å²) >= 11 is 5.73. The Hall–Kier alpha value is -2.47. The summed E-state index contributed by atoms with van der Waals surface area (Å²) in [7, 11) is 3.14. The Balaban J connectivity index is 1.73. The fourth-order valence-electron chi connectivity index (χ4n) is 2.70. The van der Waals surface area contributed by atoms with Crippen molar-refractivity contribution in [3.63, 3.8) is 0 Å². The summed E-state index contributed by atoms with van der Waals surface area (Å²) in [6.07, 6.45) is 1.64. The first-order valence-corrected chi connectivity index (χ1v) is 8.12. The van der Waals surface area contributed by atoms with E-state index in [4.69, 9.17) is 21.1 Å². The van der Waals surface area contributed by atoms with Crippen molar-refractivity contribution < 1.29 is 18.7 Å². The molecule has 0 unspecified atom stereocenters. The van der Waals surface area contributed by atoms with Crippen molar-refractivity contribution in [1.29, 1.82) is 0 Å². The highest BCUT2D eigenvalue weighted by atomic mass is 35.5. The van der Waals surface area contributed by atoms with Crippen LogP contribution in [0.5, 0.6) is 11.5 Å². The van der Waals surface area contributed by atoms with Crippen LogP contribution in [0.4, 0.5) is 14.9 Å². The molecule has 1 aliphatic carbocycles. The molecule has 0 heterocycles. The molecule has 0 aromatic heterocycles. The topological polar surface area (TPSA) is 59.6 Å². The number of amides is 2. The molecule has 0 atom stereocenters. The Bertz CT molecular complexity index is 809. The molecule has 5 nitrogen and oxygen atoms in total. The number of hydrogen-bond acceptors (Lipinski definition) is 3. The number of methoxy groups -OCH3 is 2. The highest BCUT2D eigenvalue weighted by Crippen LogP contribution is 2.47. The number of anilines is 1. The summed E-state index contributed by atoms with van der Waals surface area (Å²) in [5.74, 6) is 0.711. The minimum absolute atomic E-state index is 0.0428. The number of carbonyl (C=O) groups is 1. The molecule has 25 heavy (non-hydrogen) atoms. The Labute approximate surface area is 150 Å². The number of halogens is 2. The van der Waals surface area contributed by atoms with Crippen LogP contribution in [0, 0.1) is 5.82 Å². The van der Waals surface area contributed by atoms with Crippen molar-refractivity contribution in [2.75, 3.05) is 19.5 Å². The SMILES string of the molecule is COc1ccc(C2(NC(=O)Nc3ccc(F)c(Cl)c3)CC2)cc1OC. The van der Waals surface area contributed by atoms with Crippen molar-refractivity contribution >= 4 is 23.3 Å². The van der Waals surface area contributed by atoms with Crippen LogP contribution in [-0.2, 0) is 5.54 Å². The van der Waals surface area contributed by atoms with Gasteiger partial charge in [0.05, 0.1) is 24.8 Å². The Morgan fingerprint density at radius 1 is 1.12 bits per heavy atom. The zero-order chi connectivity index (χ0) is 18.0. The molecular formula is C18H18ClFN2O3. The molecule has 2 amide bonds. The first kappa shape index (κ1) is 17.4. The van der Waals surface area contributed by atoms with Crippen LogP contribution in [0.2, 0.25) is 5.02 Å². The van der Waals surface area contributed by atoms with Gasteiger partial charge in [-0.3, -0.25) is 0 Å². The molecule has 2 N–H and O–H groups in total. The van der Waals surface area contributed by atoms with Crippen molar-refractivity contribution in [3.8, 4) is 11.5 Å². The molecule has 3 rings (SSSR count). The molecule has 2 aromatic rings. The minimum Gasteiger partial charge on any atom is -0.493 e. The lowest BCUT2D eigenvalue weighted by Gasteiger charge is -2.20. The van der Waals surface area contributed by atoms with Crippen molar-refractivity contribution in [3.05, 3.63) is 52.8 Å². The van der Waals surface area contributed by atoms with Gasteiger partial charge in [-0.05, 0) is 48.7 Å². The van der Waals surface area contributed by atoms with E-state index in [1.165, 1.54) is 18.2 Å². The second-order valence-electron chi connectivity index (χ2n) is 5.86. The van der Waals surface area contributed by atoms with Gasteiger partial charge >= 0.3 is 6.03 Å². The first-order valence-electron chi connectivity index (χ1n) is 7.74. The maximum Gasteiger partial charge on any atom is 0.319 e. The van der Waals surface area contributed by atoms with Crippen LogP contribution < -0.4 is 20.1 Å². The largest absolute Gasteiger partial charge is 0.493 e. The van der Waals surface area contributed by atoms with Gasteiger partial charge in [0.25, 0.3) is 0 Å². The fraction of sp³-hybridized carbons (Fsp3) is 0.278. The Morgan fingerprint density at radius 3 is 2.44 bits per heavy atom. The Kier molecular flexibility index (Phi) is 4.72. The quantitative estimate of drug-likeness (QED) is 0.831. The van der Waals surface area contributed by atoms with Gasteiger partial charge in [-0.2, -0.15) is 0 Å². The molecule has 1 fully saturated rings. The maximum absolute atomic E-state index is 13.2. The summed E-state index contributed by atoms with van der Waals surface area (Å²) in [6, 6.07) is 9.23. The fourth-order valence-corrected chi connectivity index (χ4v) is 2.88. The Morgan fingerprint density at radius 2 is 1.84 bits per heavy atom. The van der Waals surface area contributed by atoms with E-state index in [0.29, 0.717) is 17.2 Å². The van der Waals surface area contributed by atoms with Crippen LogP contribution in [0.15, 0.2) is 36.4 Å². The first-order chi connectivity index (χ1) is 12.0. The maximum atomic E-state index is 13.2. The third kappa shape index (κ3) is 3.64. The van der Waals surface area contributed by atoms with E-state index in [9.17, 15) is 9.18 Å². The normalized spacial score (nSPS) is 14.6. The van der Waals surface area contributed by atoms with Crippen molar-refractivity contribution in [1.82, 2.24) is 5.32 Å². The summed E-state index contributed by atoms with van der Waals surface area (Å²) < 4.78 is 23.7. The van der Waals surface area contributed by atoms with E-state index in [1.54, 1.807) is 14.2 Å². The number of nitrogens with one attached hydrogen (secondary N) is 2. The number of benzene rings is 2. The van der Waals surface area contributed by atoms with E-state index >= 15 is 0 Å². The number of ether oxygens (including phenoxy) is 2. The highest BCUT2D eigenvalue weighted by molar-refractivity contribution is 6.31. The zero-order valence-corrected chi connectivity index (χ0v) is 14.6. The third-order valence-corrected chi connectivity index (χ3v) is 4.51. The van der Waals surface area contributed by atoms with Gasteiger partial charge in [-0.15, -0.1) is 0 Å². The predicted molar refractivity (Wildman–Crippen MR) is 94.0 cm³/mol. The van der Waals surface area contributed by atoms with E-state index < -0.39 is 11.4 Å². The lowest BCUT2D eigenvalue weighted by molar-refractivity contribution is 0.247. The van der Waals surface area contributed by atoms with Gasteiger partial charge in [0, 0.05) is 5.69 Å². The van der Waals surface area contributed by atoms with E-state index in [2.05, 4.69) is 10.6 Å². The van der Waals surface area contributed by atoms with Gasteiger partial charge in [0.2, 0.25) is 0 Å². The molecule has 1 saturated carbocycles. The van der Waals surface area contributed by atoms with Gasteiger partial charge in [0.1, 0.15) is 5.82 Å². The number of rotatable bonds is 5. The molecule has 0 spiro atoms. The summed E-state index contributed by atoms with van der Waals surface area (Å²) in [6.45, 7) is 0. The average molecular weight is 365 g/mol. The molecule has 0 radical (unpaired) electrons. The van der Waals surface area contributed by atoms with E-state index in [0.717, 1.165) is 18.4 Å². The second-order valence-corrected chi connectivity index (χ2v) is 6.27. The molecule has 0 saturated heterocycles. The molecule has 1 aliphatic rings. The van der Waals surface area contributed by atoms with Gasteiger partial charge < -0.3 is 20.1 Å². The van der Waals surface area contributed by atoms with Crippen molar-refractivity contribution in [2.45, 2.75) is 18.4 Å². The van der Waals surface area contributed by atoms with Gasteiger partial charge in [0.15, 0.2) is 11.5 Å². The van der Waals surface area contributed by atoms with Crippen LogP contribution in [-0.4, -0.2) is 20.3 Å².